The minimum Gasteiger partial charge on any atom is -0.367 e. The molecule has 12 heteroatoms. The fourth-order valence-electron chi connectivity index (χ4n) is 6.42. The van der Waals surface area contributed by atoms with Crippen molar-refractivity contribution in [3.63, 3.8) is 0 Å². The monoisotopic (exact) mass is 556 g/mol. The quantitative estimate of drug-likeness (QED) is 0.333. The van der Waals surface area contributed by atoms with E-state index >= 15 is 0 Å². The number of carbonyl (C=O) groups is 6. The van der Waals surface area contributed by atoms with Crippen LogP contribution < -0.4 is 20.4 Å². The highest BCUT2D eigenvalue weighted by Gasteiger charge is 2.63. The van der Waals surface area contributed by atoms with Gasteiger partial charge >= 0.3 is 12.1 Å². The van der Waals surface area contributed by atoms with Crippen LogP contribution in [0.15, 0.2) is 54.2 Å². The number of amides is 8. The molecule has 41 heavy (non-hydrogen) atoms. The van der Waals surface area contributed by atoms with Crippen LogP contribution in [0.5, 0.6) is 0 Å². The maximum Gasteiger partial charge on any atom is 0.335 e. The molecule has 3 saturated heterocycles. The molecule has 3 fully saturated rings. The molecule has 0 radical (unpaired) electrons. The molecule has 6 rings (SSSR count). The van der Waals surface area contributed by atoms with Gasteiger partial charge in [0.15, 0.2) is 5.41 Å². The number of rotatable bonds is 3. The van der Waals surface area contributed by atoms with Crippen LogP contribution in [-0.4, -0.2) is 72.2 Å². The van der Waals surface area contributed by atoms with E-state index in [1.54, 1.807) is 30.3 Å². The van der Waals surface area contributed by atoms with E-state index in [0.29, 0.717) is 24.3 Å². The van der Waals surface area contributed by atoms with Crippen LogP contribution in [-0.2, 0) is 25.6 Å². The van der Waals surface area contributed by atoms with E-state index in [2.05, 4.69) is 15.5 Å². The molecule has 12 nitrogen and oxygen atoms in total. The zero-order chi connectivity index (χ0) is 29.2. The molecule has 1 spiro atoms. The first-order valence-electron chi connectivity index (χ1n) is 13.3. The molecule has 4 aliphatic rings. The summed E-state index contributed by atoms with van der Waals surface area (Å²) in [4.78, 5) is 83.0. The SMILES string of the molecule is Cc1cccc(N2C(=O)NC(=O)/C(=C/Nc3ccc4c(c3)CC3(C(=O)N(C)C(=O)N(C)C3=O)C3CCCN43)C2=O)c1. The second-order valence-electron chi connectivity index (χ2n) is 10.8. The van der Waals surface area contributed by atoms with Gasteiger partial charge in [-0.2, -0.15) is 0 Å². The summed E-state index contributed by atoms with van der Waals surface area (Å²) in [5, 5.41) is 5.18. The van der Waals surface area contributed by atoms with Crippen molar-refractivity contribution in [1.29, 1.82) is 0 Å². The number of imide groups is 4. The number of hydrogen-bond donors (Lipinski definition) is 2. The maximum absolute atomic E-state index is 13.6. The van der Waals surface area contributed by atoms with E-state index in [9.17, 15) is 28.8 Å². The van der Waals surface area contributed by atoms with Gasteiger partial charge in [0, 0.05) is 38.2 Å². The molecule has 2 aromatic carbocycles. The number of benzene rings is 2. The summed E-state index contributed by atoms with van der Waals surface area (Å²) in [5.74, 6) is -2.64. The normalized spacial score (nSPS) is 22.9. The Balaban J connectivity index is 1.33. The Hall–Kier alpha value is -5.00. The number of barbiturate groups is 2. The van der Waals surface area contributed by atoms with Gasteiger partial charge in [-0.15, -0.1) is 0 Å². The van der Waals surface area contributed by atoms with Gasteiger partial charge in [-0.1, -0.05) is 12.1 Å². The van der Waals surface area contributed by atoms with Gasteiger partial charge in [0.25, 0.3) is 11.8 Å². The lowest BCUT2D eigenvalue weighted by molar-refractivity contribution is -0.159. The van der Waals surface area contributed by atoms with E-state index in [4.69, 9.17) is 0 Å². The number of anilines is 3. The third kappa shape index (κ3) is 3.81. The van der Waals surface area contributed by atoms with E-state index < -0.39 is 41.1 Å². The lowest BCUT2D eigenvalue weighted by Crippen LogP contribution is -2.70. The smallest absolute Gasteiger partial charge is 0.335 e. The number of urea groups is 2. The molecule has 0 bridgehead atoms. The summed E-state index contributed by atoms with van der Waals surface area (Å²) in [7, 11) is 2.79. The van der Waals surface area contributed by atoms with E-state index in [0.717, 1.165) is 37.9 Å². The predicted octanol–water partition coefficient (Wildman–Crippen LogP) is 2.14. The van der Waals surface area contributed by atoms with Gasteiger partial charge in [0.2, 0.25) is 11.8 Å². The summed E-state index contributed by atoms with van der Waals surface area (Å²) < 4.78 is 0. The zero-order valence-corrected chi connectivity index (χ0v) is 22.8. The van der Waals surface area contributed by atoms with Crippen molar-refractivity contribution in [1.82, 2.24) is 15.1 Å². The highest BCUT2D eigenvalue weighted by Crippen LogP contribution is 2.49. The second kappa shape index (κ2) is 9.29. The predicted molar refractivity (Wildman–Crippen MR) is 148 cm³/mol. The summed E-state index contributed by atoms with van der Waals surface area (Å²) in [5.41, 5.74) is 1.60. The van der Waals surface area contributed by atoms with Crippen LogP contribution in [0.25, 0.3) is 0 Å². The van der Waals surface area contributed by atoms with Crippen molar-refractivity contribution in [2.24, 2.45) is 5.41 Å². The third-order valence-corrected chi connectivity index (χ3v) is 8.37. The molecule has 0 saturated carbocycles. The molecule has 1 atom stereocenters. The highest BCUT2D eigenvalue weighted by atomic mass is 16.2. The molecule has 210 valence electrons. The first-order valence-corrected chi connectivity index (χ1v) is 13.3. The number of aryl methyl sites for hydroxylation is 1. The Morgan fingerprint density at radius 2 is 1.71 bits per heavy atom. The minimum absolute atomic E-state index is 0.101. The van der Waals surface area contributed by atoms with Crippen molar-refractivity contribution >= 4 is 52.8 Å². The van der Waals surface area contributed by atoms with Crippen LogP contribution in [0.4, 0.5) is 26.7 Å². The number of nitrogens with zero attached hydrogens (tertiary/aromatic N) is 4. The first kappa shape index (κ1) is 26.2. The second-order valence-corrected chi connectivity index (χ2v) is 10.8. The Morgan fingerprint density at radius 1 is 0.976 bits per heavy atom. The van der Waals surface area contributed by atoms with Crippen molar-refractivity contribution in [2.75, 3.05) is 35.8 Å². The number of fused-ring (bicyclic) bond motifs is 4. The zero-order valence-electron chi connectivity index (χ0n) is 22.8. The van der Waals surface area contributed by atoms with Crippen molar-refractivity contribution in [2.45, 2.75) is 32.2 Å². The third-order valence-electron chi connectivity index (χ3n) is 8.37. The molecule has 1 unspecified atom stereocenters. The number of hydrogen-bond acceptors (Lipinski definition) is 8. The van der Waals surface area contributed by atoms with Crippen molar-refractivity contribution in [3.05, 3.63) is 65.4 Å². The summed E-state index contributed by atoms with van der Waals surface area (Å²) in [6.45, 7) is 2.49. The van der Waals surface area contributed by atoms with Gasteiger partial charge in [-0.25, -0.2) is 14.5 Å². The van der Waals surface area contributed by atoms with Crippen LogP contribution in [0.1, 0.15) is 24.0 Å². The molecular formula is C29H28N6O6. The van der Waals surface area contributed by atoms with E-state index in [-0.39, 0.29) is 18.0 Å². The molecule has 4 aliphatic heterocycles. The fraction of sp³-hybridized carbons (Fsp3) is 0.310. The molecule has 0 aliphatic carbocycles. The van der Waals surface area contributed by atoms with E-state index in [1.807, 2.05) is 19.1 Å². The van der Waals surface area contributed by atoms with Crippen LogP contribution in [0, 0.1) is 12.3 Å². The minimum atomic E-state index is -1.44. The number of nitrogens with one attached hydrogen (secondary N) is 2. The average Bonchev–Trinajstić information content (AvgIpc) is 3.44. The topological polar surface area (TPSA) is 139 Å². The molecular weight excluding hydrogens is 528 g/mol. The Morgan fingerprint density at radius 3 is 2.41 bits per heavy atom. The summed E-state index contributed by atoms with van der Waals surface area (Å²) in [6.07, 6.45) is 2.78. The van der Waals surface area contributed by atoms with Gasteiger partial charge < -0.3 is 10.2 Å². The molecule has 8 amide bonds. The molecule has 4 heterocycles. The fourth-order valence-corrected chi connectivity index (χ4v) is 6.42. The standard InChI is InChI=1S/C29H28N6O6/c1-16-6-4-7-19(12-16)35-24(37)20(23(36)31-27(35)40)15-30-18-9-10-21-17(13-18)14-29(22-8-5-11-34(21)22)25(38)32(2)28(41)33(3)26(29)39/h4,6-7,9-10,12-13,15,22,30H,5,8,11,14H2,1-3H3,(H,31,36,40)/b20-15-. The Labute approximate surface area is 235 Å². The largest absolute Gasteiger partial charge is 0.367 e. The van der Waals surface area contributed by atoms with Crippen LogP contribution in [0.3, 0.4) is 0 Å². The van der Waals surface area contributed by atoms with Gasteiger partial charge in [-0.3, -0.25) is 34.3 Å². The molecule has 2 aromatic rings. The van der Waals surface area contributed by atoms with Crippen LogP contribution >= 0.6 is 0 Å². The lowest BCUT2D eigenvalue weighted by atomic mass is 9.68. The van der Waals surface area contributed by atoms with Gasteiger partial charge in [0.05, 0.1) is 11.7 Å². The Bertz CT molecular complexity index is 1570. The van der Waals surface area contributed by atoms with Crippen molar-refractivity contribution < 1.29 is 28.8 Å². The van der Waals surface area contributed by atoms with Gasteiger partial charge in [0.1, 0.15) is 5.57 Å². The van der Waals surface area contributed by atoms with Crippen LogP contribution in [0.2, 0.25) is 0 Å². The van der Waals surface area contributed by atoms with Gasteiger partial charge in [-0.05, 0) is 67.6 Å². The average molecular weight is 557 g/mol. The van der Waals surface area contributed by atoms with E-state index in [1.165, 1.54) is 20.3 Å². The molecule has 0 aromatic heterocycles. The Kier molecular flexibility index (Phi) is 5.94. The highest BCUT2D eigenvalue weighted by molar-refractivity contribution is 6.37. The summed E-state index contributed by atoms with van der Waals surface area (Å²) >= 11 is 0. The maximum atomic E-state index is 13.6. The number of carbonyl (C=O) groups excluding carboxylic acids is 6. The van der Waals surface area contributed by atoms with Crippen molar-refractivity contribution in [3.8, 4) is 0 Å². The first-order chi connectivity index (χ1) is 19.5. The molecule has 2 N–H and O–H groups in total. The summed E-state index contributed by atoms with van der Waals surface area (Å²) in [6, 6.07) is 10.4. The lowest BCUT2D eigenvalue weighted by Gasteiger charge is -2.50.